The SMILES string of the molecule is [N-]=[N+]=Nc1cccc(C(F)(F)F)c1Cl. The second-order valence-corrected chi connectivity index (χ2v) is 2.70. The molecule has 0 heterocycles. The monoisotopic (exact) mass is 221 g/mol. The number of nitrogens with zero attached hydrogens (tertiary/aromatic N) is 3. The third-order valence-electron chi connectivity index (χ3n) is 1.44. The average molecular weight is 222 g/mol. The molecule has 3 nitrogen and oxygen atoms in total. The van der Waals surface area contributed by atoms with Gasteiger partial charge in [-0.15, -0.1) is 0 Å². The minimum atomic E-state index is -4.54. The van der Waals surface area contributed by atoms with Gasteiger partial charge >= 0.3 is 6.18 Å². The molecule has 1 rings (SSSR count). The van der Waals surface area contributed by atoms with Crippen molar-refractivity contribution in [3.05, 3.63) is 39.2 Å². The molecular weight excluding hydrogens is 219 g/mol. The lowest BCUT2D eigenvalue weighted by atomic mass is 10.2. The molecule has 1 aromatic carbocycles. The zero-order valence-corrected chi connectivity index (χ0v) is 7.34. The third kappa shape index (κ3) is 2.10. The lowest BCUT2D eigenvalue weighted by molar-refractivity contribution is -0.137. The standard InChI is InChI=1S/C7H3ClF3N3/c8-6-4(7(9,10)11)2-1-3-5(6)13-14-12/h1-3H. The summed E-state index contributed by atoms with van der Waals surface area (Å²) in [5.41, 5.74) is 6.81. The minimum Gasteiger partial charge on any atom is -0.166 e. The molecular formula is C7H3ClF3N3. The van der Waals surface area contributed by atoms with E-state index in [1.807, 2.05) is 0 Å². The predicted molar refractivity (Wildman–Crippen MR) is 45.3 cm³/mol. The second-order valence-electron chi connectivity index (χ2n) is 2.33. The summed E-state index contributed by atoms with van der Waals surface area (Å²) in [6.45, 7) is 0. The minimum absolute atomic E-state index is 0.232. The lowest BCUT2D eigenvalue weighted by Crippen LogP contribution is -2.05. The first-order valence-corrected chi connectivity index (χ1v) is 3.75. The molecule has 0 fully saturated rings. The fraction of sp³-hybridized carbons (Fsp3) is 0.143. The molecule has 14 heavy (non-hydrogen) atoms. The fourth-order valence-electron chi connectivity index (χ4n) is 0.864. The Balaban J connectivity index is 3.34. The Bertz CT molecular complexity index is 396. The molecule has 0 amide bonds. The Kier molecular flexibility index (Phi) is 2.88. The zero-order chi connectivity index (χ0) is 10.8. The van der Waals surface area contributed by atoms with Crippen LogP contribution >= 0.6 is 11.6 Å². The Hall–Kier alpha value is -1.39. The Morgan fingerprint density at radius 1 is 1.36 bits per heavy atom. The normalized spacial score (nSPS) is 10.9. The van der Waals surface area contributed by atoms with Crippen LogP contribution in [0.4, 0.5) is 18.9 Å². The van der Waals surface area contributed by atoms with Gasteiger partial charge in [0.15, 0.2) is 0 Å². The van der Waals surface area contributed by atoms with Crippen molar-refractivity contribution in [2.24, 2.45) is 5.11 Å². The zero-order valence-electron chi connectivity index (χ0n) is 6.59. The van der Waals surface area contributed by atoms with E-state index in [0.29, 0.717) is 0 Å². The maximum atomic E-state index is 12.2. The molecule has 0 saturated heterocycles. The lowest BCUT2D eigenvalue weighted by Gasteiger charge is -2.09. The highest BCUT2D eigenvalue weighted by atomic mass is 35.5. The summed E-state index contributed by atoms with van der Waals surface area (Å²) in [5, 5.41) is 2.44. The number of alkyl halides is 3. The van der Waals surface area contributed by atoms with Gasteiger partial charge in [-0.1, -0.05) is 28.8 Å². The van der Waals surface area contributed by atoms with Crippen LogP contribution in [-0.2, 0) is 6.18 Å². The molecule has 0 unspecified atom stereocenters. The van der Waals surface area contributed by atoms with E-state index >= 15 is 0 Å². The summed E-state index contributed by atoms with van der Waals surface area (Å²) in [5.74, 6) is 0. The number of benzene rings is 1. The second kappa shape index (κ2) is 3.77. The van der Waals surface area contributed by atoms with Crippen LogP contribution in [-0.4, -0.2) is 0 Å². The molecule has 0 atom stereocenters. The van der Waals surface area contributed by atoms with Gasteiger partial charge in [-0.05, 0) is 11.6 Å². The van der Waals surface area contributed by atoms with Gasteiger partial charge in [0, 0.05) is 4.91 Å². The highest BCUT2D eigenvalue weighted by Crippen LogP contribution is 2.39. The molecule has 0 spiro atoms. The van der Waals surface area contributed by atoms with Crippen molar-refractivity contribution >= 4 is 17.3 Å². The maximum Gasteiger partial charge on any atom is 0.417 e. The Labute approximate surface area is 81.7 Å². The highest BCUT2D eigenvalue weighted by molar-refractivity contribution is 6.33. The van der Waals surface area contributed by atoms with Crippen molar-refractivity contribution in [2.75, 3.05) is 0 Å². The maximum absolute atomic E-state index is 12.2. The molecule has 1 aromatic rings. The number of rotatable bonds is 1. The van der Waals surface area contributed by atoms with Crippen LogP contribution in [0.2, 0.25) is 5.02 Å². The van der Waals surface area contributed by atoms with Crippen LogP contribution in [0.1, 0.15) is 5.56 Å². The van der Waals surface area contributed by atoms with Gasteiger partial charge in [-0.2, -0.15) is 13.2 Å². The van der Waals surface area contributed by atoms with Gasteiger partial charge in [0.25, 0.3) is 0 Å². The number of hydrogen-bond acceptors (Lipinski definition) is 1. The van der Waals surface area contributed by atoms with Gasteiger partial charge in [-0.25, -0.2) is 0 Å². The molecule has 0 saturated carbocycles. The summed E-state index contributed by atoms with van der Waals surface area (Å²) in [6.07, 6.45) is -4.54. The van der Waals surface area contributed by atoms with E-state index in [0.717, 1.165) is 12.1 Å². The summed E-state index contributed by atoms with van der Waals surface area (Å²) in [4.78, 5) is 2.36. The number of azide groups is 1. The van der Waals surface area contributed by atoms with Crippen molar-refractivity contribution in [3.63, 3.8) is 0 Å². The Morgan fingerprint density at radius 2 is 2.00 bits per heavy atom. The molecule has 0 aromatic heterocycles. The molecule has 0 aliphatic carbocycles. The summed E-state index contributed by atoms with van der Waals surface area (Å²) >= 11 is 5.39. The van der Waals surface area contributed by atoms with Gasteiger partial charge in [0.2, 0.25) is 0 Å². The highest BCUT2D eigenvalue weighted by Gasteiger charge is 2.33. The quantitative estimate of drug-likeness (QED) is 0.386. The van der Waals surface area contributed by atoms with Crippen LogP contribution in [0.25, 0.3) is 10.4 Å². The van der Waals surface area contributed by atoms with E-state index in [1.54, 1.807) is 0 Å². The van der Waals surface area contributed by atoms with Crippen molar-refractivity contribution in [3.8, 4) is 0 Å². The first-order valence-electron chi connectivity index (χ1n) is 3.37. The van der Waals surface area contributed by atoms with E-state index < -0.39 is 16.8 Å². The average Bonchev–Trinajstić information content (AvgIpc) is 2.07. The van der Waals surface area contributed by atoms with Crippen molar-refractivity contribution in [1.82, 2.24) is 0 Å². The van der Waals surface area contributed by atoms with Crippen molar-refractivity contribution in [2.45, 2.75) is 6.18 Å². The van der Waals surface area contributed by atoms with Crippen molar-refractivity contribution in [1.29, 1.82) is 0 Å². The van der Waals surface area contributed by atoms with Crippen LogP contribution < -0.4 is 0 Å². The molecule has 0 N–H and O–H groups in total. The molecule has 0 radical (unpaired) electrons. The summed E-state index contributed by atoms with van der Waals surface area (Å²) in [6, 6.07) is 3.15. The van der Waals surface area contributed by atoms with E-state index in [9.17, 15) is 13.2 Å². The van der Waals surface area contributed by atoms with Crippen LogP contribution in [0.15, 0.2) is 23.3 Å². The molecule has 0 aliphatic heterocycles. The van der Waals surface area contributed by atoms with Crippen molar-refractivity contribution < 1.29 is 13.2 Å². The fourth-order valence-corrected chi connectivity index (χ4v) is 1.14. The van der Waals surface area contributed by atoms with E-state index in [2.05, 4.69) is 10.0 Å². The smallest absolute Gasteiger partial charge is 0.166 e. The predicted octanol–water partition coefficient (Wildman–Crippen LogP) is 4.30. The Morgan fingerprint density at radius 3 is 2.50 bits per heavy atom. The van der Waals surface area contributed by atoms with Gasteiger partial charge < -0.3 is 0 Å². The number of halogens is 4. The van der Waals surface area contributed by atoms with Crippen LogP contribution in [0.5, 0.6) is 0 Å². The van der Waals surface area contributed by atoms with E-state index in [1.165, 1.54) is 6.07 Å². The third-order valence-corrected chi connectivity index (χ3v) is 1.83. The van der Waals surface area contributed by atoms with E-state index in [-0.39, 0.29) is 5.69 Å². The van der Waals surface area contributed by atoms with E-state index in [4.69, 9.17) is 17.1 Å². The van der Waals surface area contributed by atoms with Gasteiger partial charge in [0.05, 0.1) is 16.3 Å². The summed E-state index contributed by atoms with van der Waals surface area (Å²) < 4.78 is 36.7. The first kappa shape index (κ1) is 10.7. The van der Waals surface area contributed by atoms with Crippen LogP contribution in [0.3, 0.4) is 0 Å². The largest absolute Gasteiger partial charge is 0.417 e. The first-order chi connectivity index (χ1) is 6.46. The molecule has 74 valence electrons. The van der Waals surface area contributed by atoms with Crippen LogP contribution in [0, 0.1) is 0 Å². The molecule has 0 aliphatic rings. The molecule has 7 heteroatoms. The molecule has 0 bridgehead atoms. The number of hydrogen-bond donors (Lipinski definition) is 0. The van der Waals surface area contributed by atoms with Gasteiger partial charge in [0.1, 0.15) is 0 Å². The van der Waals surface area contributed by atoms with Gasteiger partial charge in [-0.3, -0.25) is 0 Å². The topological polar surface area (TPSA) is 48.8 Å². The summed E-state index contributed by atoms with van der Waals surface area (Å²) in [7, 11) is 0.